The first-order chi connectivity index (χ1) is 13.7. The number of benzene rings is 1. The van der Waals surface area contributed by atoms with E-state index in [9.17, 15) is 4.79 Å². The Hall–Kier alpha value is -2.38. The average molecular weight is 385 g/mol. The first-order valence-corrected chi connectivity index (χ1v) is 9.92. The molecule has 0 saturated carbocycles. The highest BCUT2D eigenvalue weighted by atomic mass is 16.5. The number of hydrogen-bond donors (Lipinski definition) is 0. The number of nitrogens with zero attached hydrogens (tertiary/aromatic N) is 3. The van der Waals surface area contributed by atoms with E-state index in [0.717, 1.165) is 43.9 Å². The fourth-order valence-corrected chi connectivity index (χ4v) is 3.92. The molecule has 28 heavy (non-hydrogen) atoms. The zero-order valence-electron chi connectivity index (χ0n) is 16.3. The third-order valence-electron chi connectivity index (χ3n) is 5.58. The monoisotopic (exact) mass is 385 g/mol. The second-order valence-corrected chi connectivity index (χ2v) is 7.42. The van der Waals surface area contributed by atoms with Crippen molar-refractivity contribution in [2.24, 2.45) is 0 Å². The van der Waals surface area contributed by atoms with Crippen LogP contribution in [0.4, 0.5) is 0 Å². The molecular weight excluding hydrogens is 358 g/mol. The van der Waals surface area contributed by atoms with Crippen LogP contribution in [0.15, 0.2) is 34.9 Å². The van der Waals surface area contributed by atoms with Crippen molar-refractivity contribution in [3.05, 3.63) is 47.3 Å². The maximum absolute atomic E-state index is 12.5. The van der Waals surface area contributed by atoms with E-state index >= 15 is 0 Å². The van der Waals surface area contributed by atoms with Gasteiger partial charge in [0.25, 0.3) is 5.91 Å². The van der Waals surface area contributed by atoms with Crippen molar-refractivity contribution in [2.75, 3.05) is 46.5 Å². The first kappa shape index (κ1) is 19.0. The molecule has 2 fully saturated rings. The van der Waals surface area contributed by atoms with Gasteiger partial charge in [0.1, 0.15) is 5.75 Å². The van der Waals surface area contributed by atoms with E-state index in [1.165, 1.54) is 5.56 Å². The standard InChI is InChI=1S/C21H27N3O4/c1-26-18-4-2-3-16(13-18)15-23-7-5-17(6-8-23)19-14-20(28-22-19)21(25)24-9-11-27-12-10-24/h2-4,13-14,17H,5-12,15H2,1H3. The third kappa shape index (κ3) is 4.36. The van der Waals surface area contributed by atoms with Crippen LogP contribution in [0.1, 0.15) is 40.6 Å². The van der Waals surface area contributed by atoms with Gasteiger partial charge in [-0.25, -0.2) is 0 Å². The smallest absolute Gasteiger partial charge is 0.292 e. The molecule has 7 nitrogen and oxygen atoms in total. The van der Waals surface area contributed by atoms with Crippen molar-refractivity contribution in [3.63, 3.8) is 0 Å². The number of hydrogen-bond acceptors (Lipinski definition) is 6. The average Bonchev–Trinajstić information content (AvgIpc) is 3.25. The predicted octanol–water partition coefficient (Wildman–Crippen LogP) is 2.54. The Bertz CT molecular complexity index is 792. The predicted molar refractivity (Wildman–Crippen MR) is 103 cm³/mol. The van der Waals surface area contributed by atoms with Crippen LogP contribution in [0.5, 0.6) is 5.75 Å². The van der Waals surface area contributed by atoms with Gasteiger partial charge < -0.3 is 18.9 Å². The molecule has 1 aromatic carbocycles. The molecule has 7 heteroatoms. The van der Waals surface area contributed by atoms with Crippen LogP contribution >= 0.6 is 0 Å². The third-order valence-corrected chi connectivity index (χ3v) is 5.58. The number of aromatic nitrogens is 1. The van der Waals surface area contributed by atoms with Gasteiger partial charge in [0.15, 0.2) is 0 Å². The first-order valence-electron chi connectivity index (χ1n) is 9.92. The lowest BCUT2D eigenvalue weighted by molar-refractivity contribution is 0.0277. The SMILES string of the molecule is COc1cccc(CN2CCC(c3cc(C(=O)N4CCOCC4)on3)CC2)c1. The fourth-order valence-electron chi connectivity index (χ4n) is 3.92. The maximum atomic E-state index is 12.5. The summed E-state index contributed by atoms with van der Waals surface area (Å²) in [6.45, 7) is 5.30. The van der Waals surface area contributed by atoms with Crippen molar-refractivity contribution in [1.82, 2.24) is 15.0 Å². The molecule has 1 amide bonds. The van der Waals surface area contributed by atoms with Gasteiger partial charge in [-0.3, -0.25) is 9.69 Å². The Kier molecular flexibility index (Phi) is 5.92. The molecule has 0 spiro atoms. The van der Waals surface area contributed by atoms with Crippen LogP contribution in [0.2, 0.25) is 0 Å². The number of piperidine rings is 1. The number of rotatable bonds is 5. The normalized spacial score (nSPS) is 19.0. The van der Waals surface area contributed by atoms with Crippen molar-refractivity contribution in [2.45, 2.75) is 25.3 Å². The number of ether oxygens (including phenoxy) is 2. The summed E-state index contributed by atoms with van der Waals surface area (Å²) in [4.78, 5) is 16.7. The lowest BCUT2D eigenvalue weighted by atomic mass is 9.93. The van der Waals surface area contributed by atoms with Crippen LogP contribution in [-0.2, 0) is 11.3 Å². The summed E-state index contributed by atoms with van der Waals surface area (Å²) in [6, 6.07) is 10.1. The van der Waals surface area contributed by atoms with E-state index in [4.69, 9.17) is 14.0 Å². The maximum Gasteiger partial charge on any atom is 0.292 e. The van der Waals surface area contributed by atoms with E-state index < -0.39 is 0 Å². The lowest BCUT2D eigenvalue weighted by Gasteiger charge is -2.31. The van der Waals surface area contributed by atoms with Crippen LogP contribution in [-0.4, -0.2) is 67.4 Å². The van der Waals surface area contributed by atoms with E-state index in [0.29, 0.717) is 38.0 Å². The molecule has 4 rings (SSSR count). The van der Waals surface area contributed by atoms with Crippen LogP contribution in [0, 0.1) is 0 Å². The Morgan fingerprint density at radius 3 is 2.71 bits per heavy atom. The van der Waals surface area contributed by atoms with Gasteiger partial charge in [-0.1, -0.05) is 17.3 Å². The lowest BCUT2D eigenvalue weighted by Crippen LogP contribution is -2.40. The highest BCUT2D eigenvalue weighted by Gasteiger charge is 2.27. The molecule has 0 aliphatic carbocycles. The summed E-state index contributed by atoms with van der Waals surface area (Å²) >= 11 is 0. The van der Waals surface area contributed by atoms with Gasteiger partial charge in [-0.2, -0.15) is 0 Å². The highest BCUT2D eigenvalue weighted by Crippen LogP contribution is 2.29. The molecule has 2 aliphatic rings. The number of morpholine rings is 1. The van der Waals surface area contributed by atoms with Crippen LogP contribution in [0.25, 0.3) is 0 Å². The Morgan fingerprint density at radius 2 is 1.96 bits per heavy atom. The number of amides is 1. The molecule has 2 aromatic rings. The minimum Gasteiger partial charge on any atom is -0.497 e. The summed E-state index contributed by atoms with van der Waals surface area (Å²) in [5.74, 6) is 1.50. The van der Waals surface area contributed by atoms with Gasteiger partial charge in [0.05, 0.1) is 26.0 Å². The minimum atomic E-state index is -0.0856. The molecule has 0 unspecified atom stereocenters. The van der Waals surface area contributed by atoms with Gasteiger partial charge in [0.2, 0.25) is 5.76 Å². The second kappa shape index (κ2) is 8.75. The second-order valence-electron chi connectivity index (χ2n) is 7.42. The highest BCUT2D eigenvalue weighted by molar-refractivity contribution is 5.91. The summed E-state index contributed by atoms with van der Waals surface area (Å²) < 4.78 is 16.0. The summed E-state index contributed by atoms with van der Waals surface area (Å²) in [5, 5.41) is 4.20. The Labute approximate surface area is 165 Å². The van der Waals surface area contributed by atoms with E-state index in [1.54, 1.807) is 12.0 Å². The molecule has 0 bridgehead atoms. The molecule has 2 saturated heterocycles. The van der Waals surface area contributed by atoms with Crippen molar-refractivity contribution >= 4 is 5.91 Å². The van der Waals surface area contributed by atoms with Gasteiger partial charge >= 0.3 is 0 Å². The zero-order chi connectivity index (χ0) is 19.3. The Morgan fingerprint density at radius 1 is 1.18 bits per heavy atom. The molecule has 150 valence electrons. The molecule has 0 radical (unpaired) electrons. The quantitative estimate of drug-likeness (QED) is 0.788. The van der Waals surface area contributed by atoms with Gasteiger partial charge in [0, 0.05) is 31.6 Å². The van der Waals surface area contributed by atoms with Crippen LogP contribution in [0.3, 0.4) is 0 Å². The minimum absolute atomic E-state index is 0.0856. The van der Waals surface area contributed by atoms with Crippen molar-refractivity contribution in [1.29, 1.82) is 0 Å². The van der Waals surface area contributed by atoms with Crippen molar-refractivity contribution in [3.8, 4) is 5.75 Å². The molecule has 0 N–H and O–H groups in total. The van der Waals surface area contributed by atoms with Crippen molar-refractivity contribution < 1.29 is 18.8 Å². The van der Waals surface area contributed by atoms with Crippen LogP contribution < -0.4 is 4.74 Å². The molecule has 2 aliphatic heterocycles. The number of methoxy groups -OCH3 is 1. The van der Waals surface area contributed by atoms with E-state index in [1.807, 2.05) is 18.2 Å². The Balaban J connectivity index is 1.31. The summed E-state index contributed by atoms with van der Waals surface area (Å²) in [7, 11) is 1.70. The molecule has 3 heterocycles. The van der Waals surface area contributed by atoms with Gasteiger partial charge in [-0.15, -0.1) is 0 Å². The summed E-state index contributed by atoms with van der Waals surface area (Å²) in [6.07, 6.45) is 2.03. The van der Waals surface area contributed by atoms with Gasteiger partial charge in [-0.05, 0) is 43.6 Å². The largest absolute Gasteiger partial charge is 0.497 e. The number of carbonyl (C=O) groups is 1. The number of carbonyl (C=O) groups excluding carboxylic acids is 1. The summed E-state index contributed by atoms with van der Waals surface area (Å²) in [5.41, 5.74) is 2.16. The fraction of sp³-hybridized carbons (Fsp3) is 0.524. The number of likely N-dealkylation sites (tertiary alicyclic amines) is 1. The molecule has 1 aromatic heterocycles. The molecular formula is C21H27N3O4. The zero-order valence-corrected chi connectivity index (χ0v) is 16.3. The molecule has 0 atom stereocenters. The topological polar surface area (TPSA) is 68.0 Å². The van der Waals surface area contributed by atoms with E-state index in [-0.39, 0.29) is 5.91 Å². The van der Waals surface area contributed by atoms with E-state index in [2.05, 4.69) is 22.2 Å².